The molecule has 96 valence electrons. The van der Waals surface area contributed by atoms with Gasteiger partial charge in [0.25, 0.3) is 11.7 Å². The van der Waals surface area contributed by atoms with Crippen LogP contribution in [0.2, 0.25) is 0 Å². The molecule has 0 aromatic heterocycles. The lowest BCUT2D eigenvalue weighted by Gasteiger charge is -2.23. The molecule has 1 aromatic rings. The third-order valence-corrected chi connectivity index (χ3v) is 3.51. The minimum atomic E-state index is -0.598. The van der Waals surface area contributed by atoms with Gasteiger partial charge >= 0.3 is 0 Å². The van der Waals surface area contributed by atoms with Crippen LogP contribution < -0.4 is 10.2 Å². The molecule has 1 aromatic carbocycles. The number of ketones is 1. The number of hydrogen-bond donors (Lipinski definition) is 2. The molecule has 0 spiro atoms. The maximum atomic E-state index is 11.5. The molecule has 0 atom stereocenters. The average molecular weight is 313 g/mol. The van der Waals surface area contributed by atoms with Crippen LogP contribution in [0.15, 0.2) is 16.6 Å². The number of Topliss-reactive ketones (excluding diaryl/α,β-unsaturated/α-hetero) is 1. The van der Waals surface area contributed by atoms with Gasteiger partial charge in [0.2, 0.25) is 0 Å². The van der Waals surface area contributed by atoms with Crippen LogP contribution >= 0.6 is 15.9 Å². The zero-order valence-electron chi connectivity index (χ0n) is 9.86. The fourth-order valence-corrected chi connectivity index (χ4v) is 2.56. The highest BCUT2D eigenvalue weighted by atomic mass is 79.9. The van der Waals surface area contributed by atoms with Crippen LogP contribution in [0.3, 0.4) is 0 Å². The number of nitrogens with zero attached hydrogens (tertiary/aromatic N) is 1. The van der Waals surface area contributed by atoms with Crippen LogP contribution in [0.25, 0.3) is 0 Å². The smallest absolute Gasteiger partial charge is 0.296 e. The van der Waals surface area contributed by atoms with Crippen molar-refractivity contribution >= 4 is 39.0 Å². The minimum absolute atomic E-state index is 0.0443. The molecule has 5 nitrogen and oxygen atoms in total. The van der Waals surface area contributed by atoms with Crippen molar-refractivity contribution in [2.45, 2.75) is 6.92 Å². The maximum absolute atomic E-state index is 11.5. The molecule has 0 radical (unpaired) electrons. The molecule has 2 rings (SSSR count). The Bertz CT molecular complexity index is 516. The Morgan fingerprint density at radius 2 is 2.11 bits per heavy atom. The molecule has 0 bridgehead atoms. The molecule has 1 aliphatic rings. The number of halogens is 1. The molecule has 1 amide bonds. The monoisotopic (exact) mass is 312 g/mol. The Labute approximate surface area is 113 Å². The lowest BCUT2D eigenvalue weighted by atomic mass is 10.1. The van der Waals surface area contributed by atoms with Crippen molar-refractivity contribution in [1.82, 2.24) is 0 Å². The lowest BCUT2D eigenvalue weighted by Crippen LogP contribution is -2.26. The number of aliphatic hydroxyl groups excluding tert-OH is 1. The summed E-state index contributed by atoms with van der Waals surface area (Å²) in [6, 6.07) is 3.40. The summed E-state index contributed by atoms with van der Waals surface area (Å²) >= 11 is 3.39. The first-order valence-electron chi connectivity index (χ1n) is 5.63. The van der Waals surface area contributed by atoms with Crippen molar-refractivity contribution in [3.05, 3.63) is 22.2 Å². The third kappa shape index (κ3) is 2.13. The highest BCUT2D eigenvalue weighted by Crippen LogP contribution is 2.35. The number of fused-ring (bicyclic) bond motifs is 1. The van der Waals surface area contributed by atoms with E-state index in [1.54, 1.807) is 12.1 Å². The molecule has 0 saturated heterocycles. The molecule has 0 aliphatic carbocycles. The second kappa shape index (κ2) is 5.07. The molecule has 6 heteroatoms. The highest BCUT2D eigenvalue weighted by Gasteiger charge is 2.29. The fourth-order valence-electron chi connectivity index (χ4n) is 1.97. The predicted octanol–water partition coefficient (Wildman–Crippen LogP) is 1.40. The molecule has 0 fully saturated rings. The van der Waals surface area contributed by atoms with Crippen molar-refractivity contribution in [3.8, 4) is 0 Å². The molecule has 2 N–H and O–H groups in total. The largest absolute Gasteiger partial charge is 0.395 e. The van der Waals surface area contributed by atoms with Crippen molar-refractivity contribution < 1.29 is 14.7 Å². The van der Waals surface area contributed by atoms with Gasteiger partial charge < -0.3 is 15.3 Å². The van der Waals surface area contributed by atoms with E-state index in [-0.39, 0.29) is 6.61 Å². The molecule has 1 heterocycles. The molecular weight excluding hydrogens is 300 g/mol. The van der Waals surface area contributed by atoms with Gasteiger partial charge in [-0.25, -0.2) is 0 Å². The molecule has 0 unspecified atom stereocenters. The Balaban J connectivity index is 2.43. The van der Waals surface area contributed by atoms with E-state index in [9.17, 15) is 9.59 Å². The quantitative estimate of drug-likeness (QED) is 0.825. The van der Waals surface area contributed by atoms with E-state index in [1.807, 2.05) is 11.8 Å². The first-order chi connectivity index (χ1) is 8.58. The number of likely N-dealkylation sites (N-methyl/N-ethyl adjacent to an activating group) is 1. The van der Waals surface area contributed by atoms with Crippen LogP contribution in [0.1, 0.15) is 17.3 Å². The van der Waals surface area contributed by atoms with Gasteiger partial charge in [-0.1, -0.05) is 0 Å². The fraction of sp³-hybridized carbons (Fsp3) is 0.333. The van der Waals surface area contributed by atoms with E-state index >= 15 is 0 Å². The van der Waals surface area contributed by atoms with Crippen molar-refractivity contribution in [3.63, 3.8) is 0 Å². The van der Waals surface area contributed by atoms with Gasteiger partial charge in [0.15, 0.2) is 0 Å². The van der Waals surface area contributed by atoms with Crippen LogP contribution in [-0.4, -0.2) is 36.5 Å². The van der Waals surface area contributed by atoms with Crippen LogP contribution in [-0.2, 0) is 4.79 Å². The van der Waals surface area contributed by atoms with E-state index in [2.05, 4.69) is 21.2 Å². The highest BCUT2D eigenvalue weighted by molar-refractivity contribution is 9.10. The second-order valence-corrected chi connectivity index (χ2v) is 4.79. The predicted molar refractivity (Wildman–Crippen MR) is 72.1 cm³/mol. The molecule has 18 heavy (non-hydrogen) atoms. The Morgan fingerprint density at radius 1 is 1.39 bits per heavy atom. The van der Waals surface area contributed by atoms with Gasteiger partial charge in [-0.2, -0.15) is 0 Å². The van der Waals surface area contributed by atoms with Crippen LogP contribution in [0.5, 0.6) is 0 Å². The number of nitrogens with one attached hydrogen (secondary N) is 1. The van der Waals surface area contributed by atoms with Gasteiger partial charge in [0.1, 0.15) is 0 Å². The summed E-state index contributed by atoms with van der Waals surface area (Å²) in [5.74, 6) is -1.11. The number of carbonyl (C=O) groups excluding carboxylic acids is 2. The van der Waals surface area contributed by atoms with E-state index < -0.39 is 11.7 Å². The summed E-state index contributed by atoms with van der Waals surface area (Å²) in [5, 5.41) is 11.6. The summed E-state index contributed by atoms with van der Waals surface area (Å²) in [5.41, 5.74) is 1.76. The summed E-state index contributed by atoms with van der Waals surface area (Å²) in [6.07, 6.45) is 0. The number of hydrogen-bond acceptors (Lipinski definition) is 4. The van der Waals surface area contributed by atoms with Gasteiger partial charge in [-0.15, -0.1) is 0 Å². The molecule has 0 saturated carbocycles. The van der Waals surface area contributed by atoms with Gasteiger partial charge in [0, 0.05) is 17.6 Å². The number of rotatable bonds is 4. The van der Waals surface area contributed by atoms with Gasteiger partial charge in [-0.3, -0.25) is 9.59 Å². The number of aliphatic hydroxyl groups is 1. The van der Waals surface area contributed by atoms with Gasteiger partial charge in [-0.05, 0) is 35.0 Å². The SMILES string of the molecule is CCN(CCO)c1cc2c(cc1Br)C(=O)C(=O)N2. The number of benzene rings is 1. The summed E-state index contributed by atoms with van der Waals surface area (Å²) in [4.78, 5) is 24.8. The third-order valence-electron chi connectivity index (χ3n) is 2.88. The average Bonchev–Trinajstić information content (AvgIpc) is 2.62. The second-order valence-electron chi connectivity index (χ2n) is 3.94. The van der Waals surface area contributed by atoms with E-state index in [0.29, 0.717) is 17.8 Å². The normalized spacial score (nSPS) is 13.5. The van der Waals surface area contributed by atoms with Gasteiger partial charge in [0.05, 0.1) is 23.5 Å². The number of anilines is 2. The number of amides is 1. The van der Waals surface area contributed by atoms with Crippen LogP contribution in [0, 0.1) is 0 Å². The Morgan fingerprint density at radius 3 is 2.72 bits per heavy atom. The summed E-state index contributed by atoms with van der Waals surface area (Å²) in [7, 11) is 0. The first kappa shape index (κ1) is 13.0. The standard InChI is InChI=1S/C12H13BrN2O3/c1-2-15(3-4-16)10-6-9-7(5-8(10)13)11(17)12(18)14-9/h5-6,16H,2-4H2,1H3,(H,14,17,18). The van der Waals surface area contributed by atoms with Crippen LogP contribution in [0.4, 0.5) is 11.4 Å². The topological polar surface area (TPSA) is 69.6 Å². The van der Waals surface area contributed by atoms with E-state index in [1.165, 1.54) is 0 Å². The zero-order chi connectivity index (χ0) is 13.3. The Hall–Kier alpha value is -1.40. The van der Waals surface area contributed by atoms with E-state index in [4.69, 9.17) is 5.11 Å². The minimum Gasteiger partial charge on any atom is -0.395 e. The summed E-state index contributed by atoms with van der Waals surface area (Å²) < 4.78 is 0.737. The van der Waals surface area contributed by atoms with Crippen molar-refractivity contribution in [2.24, 2.45) is 0 Å². The zero-order valence-corrected chi connectivity index (χ0v) is 11.5. The lowest BCUT2D eigenvalue weighted by molar-refractivity contribution is -0.112. The summed E-state index contributed by atoms with van der Waals surface area (Å²) in [6.45, 7) is 3.23. The van der Waals surface area contributed by atoms with E-state index in [0.717, 1.165) is 16.7 Å². The number of carbonyl (C=O) groups is 2. The molecular formula is C12H13BrN2O3. The van der Waals surface area contributed by atoms with Crippen molar-refractivity contribution in [2.75, 3.05) is 29.9 Å². The van der Waals surface area contributed by atoms with Crippen molar-refractivity contribution in [1.29, 1.82) is 0 Å². The maximum Gasteiger partial charge on any atom is 0.296 e. The first-order valence-corrected chi connectivity index (χ1v) is 6.42. The molecule has 1 aliphatic heterocycles. The Kier molecular flexibility index (Phi) is 3.68.